The molecule has 0 saturated carbocycles. The van der Waals surface area contributed by atoms with Gasteiger partial charge in [0.2, 0.25) is 0 Å². The van der Waals surface area contributed by atoms with Crippen LogP contribution in [0, 0.1) is 0 Å². The Kier molecular flexibility index (Phi) is 7.70. The van der Waals surface area contributed by atoms with E-state index < -0.39 is 127 Å². The van der Waals surface area contributed by atoms with E-state index in [0.29, 0.717) is 0 Å². The van der Waals surface area contributed by atoms with Gasteiger partial charge in [-0.2, -0.15) is 43.9 Å². The number of benzene rings is 2. The number of carbonyl (C=O) groups is 4. The summed E-state index contributed by atoms with van der Waals surface area (Å²) in [5.41, 5.74) is -3.43. The largest absolute Gasteiger partial charge is 0.453 e. The Hall–Kier alpha value is -2.56. The molecule has 20 heteroatoms. The van der Waals surface area contributed by atoms with Gasteiger partial charge >= 0.3 is 24.2 Å². The van der Waals surface area contributed by atoms with Crippen molar-refractivity contribution in [2.45, 2.75) is 37.0 Å². The summed E-state index contributed by atoms with van der Waals surface area (Å²) < 4.78 is 130. The molecule has 2 aliphatic heterocycles. The highest BCUT2D eigenvalue weighted by Crippen LogP contribution is 2.51. The summed E-state index contributed by atoms with van der Waals surface area (Å²) in [7, 11) is 0. The van der Waals surface area contributed by atoms with Crippen LogP contribution in [-0.2, 0) is 0 Å². The molecular weight excluding hydrogens is 688 g/mol. The van der Waals surface area contributed by atoms with E-state index in [9.17, 15) is 63.1 Å². The lowest BCUT2D eigenvalue weighted by atomic mass is 9.85. The van der Waals surface area contributed by atoms with Crippen molar-refractivity contribution in [2.75, 3.05) is 13.1 Å². The second-order valence-electron chi connectivity index (χ2n) is 8.93. The first-order valence-corrected chi connectivity index (χ1v) is 12.5. The van der Waals surface area contributed by atoms with Crippen molar-refractivity contribution in [3.05, 3.63) is 42.3 Å². The zero-order valence-corrected chi connectivity index (χ0v) is 22.7. The van der Waals surface area contributed by atoms with E-state index in [0.717, 1.165) is 0 Å². The Balaban J connectivity index is 1.91. The second-order valence-corrected chi connectivity index (χ2v) is 10.4. The number of hydrogen-bond acceptors (Lipinski definition) is 4. The Morgan fingerprint density at radius 2 is 0.667 bits per heavy atom. The first-order chi connectivity index (χ1) is 19.0. The average Bonchev–Trinajstić information content (AvgIpc) is 2.83. The van der Waals surface area contributed by atoms with Crippen LogP contribution in [0.2, 0.25) is 20.1 Å². The first-order valence-electron chi connectivity index (χ1n) is 10.9. The summed E-state index contributed by atoms with van der Waals surface area (Å²) in [5.74, 6) is -17.0. The van der Waals surface area contributed by atoms with Crippen molar-refractivity contribution in [2.24, 2.45) is 0 Å². The monoisotopic (exact) mass is 694 g/mol. The summed E-state index contributed by atoms with van der Waals surface area (Å²) >= 11 is 24.6. The van der Waals surface area contributed by atoms with Crippen LogP contribution in [0.4, 0.5) is 43.9 Å². The molecule has 0 unspecified atom stereocenters. The van der Waals surface area contributed by atoms with E-state index in [4.69, 9.17) is 46.4 Å². The summed E-state index contributed by atoms with van der Waals surface area (Å²) in [6, 6.07) is 0. The molecule has 2 aromatic rings. The van der Waals surface area contributed by atoms with Crippen LogP contribution in [0.15, 0.2) is 0 Å². The highest BCUT2D eigenvalue weighted by atomic mass is 35.5. The summed E-state index contributed by atoms with van der Waals surface area (Å²) in [6.45, 7) is -3.06. The predicted molar refractivity (Wildman–Crippen MR) is 126 cm³/mol. The molecule has 2 aromatic carbocycles. The van der Waals surface area contributed by atoms with Crippen molar-refractivity contribution in [3.63, 3.8) is 0 Å². The van der Waals surface area contributed by atoms with Crippen LogP contribution in [0.1, 0.15) is 54.3 Å². The van der Waals surface area contributed by atoms with E-state index in [1.165, 1.54) is 0 Å². The van der Waals surface area contributed by atoms with Crippen molar-refractivity contribution >= 4 is 80.8 Å². The van der Waals surface area contributed by atoms with Crippen LogP contribution >= 0.6 is 46.4 Å². The Bertz CT molecular complexity index is 1410. The molecule has 4 rings (SSSR count). The Morgan fingerprint density at radius 1 is 0.452 bits per heavy atom. The van der Waals surface area contributed by atoms with Crippen LogP contribution in [0.3, 0.4) is 0 Å². The van der Waals surface area contributed by atoms with Gasteiger partial charge in [0.25, 0.3) is 23.6 Å². The third-order valence-electron chi connectivity index (χ3n) is 6.48. The van der Waals surface area contributed by atoms with Crippen molar-refractivity contribution < 1.29 is 63.1 Å². The minimum absolute atomic E-state index is 0.0680. The van der Waals surface area contributed by atoms with Crippen LogP contribution in [-0.4, -0.2) is 70.7 Å². The Labute approximate surface area is 246 Å². The maximum Gasteiger partial charge on any atom is 0.453 e. The maximum atomic E-state index is 13.6. The van der Waals surface area contributed by atoms with Gasteiger partial charge < -0.3 is 0 Å². The maximum absolute atomic E-state index is 13.6. The third kappa shape index (κ3) is 4.65. The van der Waals surface area contributed by atoms with E-state index in [1.54, 1.807) is 0 Å². The smallest absolute Gasteiger partial charge is 0.274 e. The number of nitrogens with zero attached hydrogens (tertiary/aromatic N) is 2. The molecular formula is C22H8Cl4F10N2O4. The number of imide groups is 2. The molecule has 4 amide bonds. The van der Waals surface area contributed by atoms with E-state index in [1.807, 2.05) is 0 Å². The molecule has 6 nitrogen and oxygen atoms in total. The van der Waals surface area contributed by atoms with Gasteiger partial charge in [-0.05, 0) is 0 Å². The molecule has 0 atom stereocenters. The molecule has 0 aromatic heterocycles. The highest BCUT2D eigenvalue weighted by Gasteiger charge is 2.59. The SMILES string of the molecule is O=C1c2c(Cl)c(Cl)c3c4c(c(Cl)c(Cl)c(c24)C(=O)N1CCC(F)(F)C(F)(F)F)C(=O)N(CCC(F)(F)C(F)(F)F)C3=O. The summed E-state index contributed by atoms with van der Waals surface area (Å²) in [4.78, 5) is 52.7. The van der Waals surface area contributed by atoms with Gasteiger partial charge in [-0.15, -0.1) is 0 Å². The zero-order chi connectivity index (χ0) is 32.1. The number of alkyl halides is 10. The quantitative estimate of drug-likeness (QED) is 0.228. The van der Waals surface area contributed by atoms with Crippen molar-refractivity contribution in [3.8, 4) is 0 Å². The van der Waals surface area contributed by atoms with Gasteiger partial charge in [-0.1, -0.05) is 46.4 Å². The molecule has 2 aliphatic rings. The average molecular weight is 696 g/mol. The number of rotatable bonds is 6. The lowest BCUT2D eigenvalue weighted by Gasteiger charge is -2.35. The molecule has 2 heterocycles. The fourth-order valence-electron chi connectivity index (χ4n) is 4.35. The van der Waals surface area contributed by atoms with Crippen LogP contribution in [0.25, 0.3) is 10.8 Å². The minimum Gasteiger partial charge on any atom is -0.274 e. The third-order valence-corrected chi connectivity index (χ3v) is 8.18. The fraction of sp³-hybridized carbons (Fsp3) is 0.364. The minimum atomic E-state index is -6.05. The van der Waals surface area contributed by atoms with Gasteiger partial charge in [0, 0.05) is 36.7 Å². The van der Waals surface area contributed by atoms with Crippen LogP contribution < -0.4 is 0 Å². The van der Waals surface area contributed by atoms with Gasteiger partial charge in [0.05, 0.1) is 42.3 Å². The summed E-state index contributed by atoms with van der Waals surface area (Å²) in [6.07, 6.45) is -16.3. The van der Waals surface area contributed by atoms with Crippen molar-refractivity contribution in [1.29, 1.82) is 0 Å². The predicted octanol–water partition coefficient (Wildman–Crippen LogP) is 7.82. The normalized spacial score (nSPS) is 16.3. The van der Waals surface area contributed by atoms with Gasteiger partial charge in [-0.3, -0.25) is 29.0 Å². The molecule has 0 radical (unpaired) electrons. The topological polar surface area (TPSA) is 74.8 Å². The molecule has 0 fully saturated rings. The number of amides is 4. The van der Waals surface area contributed by atoms with E-state index in [2.05, 4.69) is 0 Å². The zero-order valence-electron chi connectivity index (χ0n) is 19.6. The van der Waals surface area contributed by atoms with Gasteiger partial charge in [-0.25, -0.2) is 0 Å². The molecule has 42 heavy (non-hydrogen) atoms. The molecule has 0 bridgehead atoms. The highest BCUT2D eigenvalue weighted by molar-refractivity contribution is 6.54. The van der Waals surface area contributed by atoms with E-state index >= 15 is 0 Å². The summed E-state index contributed by atoms with van der Waals surface area (Å²) in [5, 5.41) is -5.01. The fourth-order valence-corrected chi connectivity index (χ4v) is 5.43. The van der Waals surface area contributed by atoms with Crippen LogP contribution in [0.5, 0.6) is 0 Å². The number of hydrogen-bond donors (Lipinski definition) is 0. The second kappa shape index (κ2) is 9.99. The first kappa shape index (κ1) is 32.4. The molecule has 0 aliphatic carbocycles. The molecule has 0 N–H and O–H groups in total. The Morgan fingerprint density at radius 3 is 0.857 bits per heavy atom. The molecule has 0 spiro atoms. The molecule has 0 saturated heterocycles. The van der Waals surface area contributed by atoms with E-state index in [-0.39, 0.29) is 9.80 Å². The lowest BCUT2D eigenvalue weighted by Crippen LogP contribution is -2.47. The van der Waals surface area contributed by atoms with Gasteiger partial charge in [0.15, 0.2) is 0 Å². The van der Waals surface area contributed by atoms with Crippen molar-refractivity contribution in [1.82, 2.24) is 9.80 Å². The van der Waals surface area contributed by atoms with Gasteiger partial charge in [0.1, 0.15) is 0 Å². The standard InChI is InChI=1S/C22H8Cl4F10N2O4/c23-11-7-5-6-9(13(11)25)17(41)38(4-2-20(29,30)22(34,35)36)18(42)10(6)14(26)12(24)8(5)16(40)37(15(7)39)3-1-19(27,28)21(31,32)33/h1-4H2. The number of halogens is 14. The number of carbonyl (C=O) groups excluding carboxylic acids is 4. The molecule has 228 valence electrons. The lowest BCUT2D eigenvalue weighted by molar-refractivity contribution is -0.284.